The Hall–Kier alpha value is -0.700. The highest BCUT2D eigenvalue weighted by molar-refractivity contribution is 7.52. The molecule has 0 amide bonds. The van der Waals surface area contributed by atoms with Gasteiger partial charge in [0.15, 0.2) is 0 Å². The molecule has 0 aromatic heterocycles. The number of likely N-dealkylation sites (N-methyl/N-ethyl adjacent to an activating group) is 1. The summed E-state index contributed by atoms with van der Waals surface area (Å²) in [5.41, 5.74) is 1.11. The fourth-order valence-corrected chi connectivity index (χ4v) is 1.80. The highest BCUT2D eigenvalue weighted by Gasteiger charge is 2.21. The molecule has 90 valence electrons. The largest absolute Gasteiger partial charge is 0.364 e. The topological polar surface area (TPSA) is 26.3 Å². The fourth-order valence-electron chi connectivity index (χ4n) is 1.39. The van der Waals surface area contributed by atoms with Crippen molar-refractivity contribution in [3.63, 3.8) is 0 Å². The molecule has 0 saturated heterocycles. The lowest BCUT2D eigenvalue weighted by molar-refractivity contribution is 0.248. The van der Waals surface area contributed by atoms with E-state index in [0.717, 1.165) is 12.4 Å². The van der Waals surface area contributed by atoms with Crippen molar-refractivity contribution in [3.8, 4) is 0 Å². The summed E-state index contributed by atoms with van der Waals surface area (Å²) in [7, 11) is 0.142. The third-order valence-electron chi connectivity index (χ3n) is 2.43. The maximum atomic E-state index is 12.7. The Morgan fingerprint density at radius 1 is 1.31 bits per heavy atom. The van der Waals surface area contributed by atoms with Gasteiger partial charge in [0.1, 0.15) is 18.8 Å². The Labute approximate surface area is 96.0 Å². The molecular formula is C11H18FNO2P+. The monoisotopic (exact) mass is 246 g/mol. The fraction of sp³-hybridized carbons (Fsp3) is 0.455. The van der Waals surface area contributed by atoms with Crippen LogP contribution in [0.1, 0.15) is 0 Å². The summed E-state index contributed by atoms with van der Waals surface area (Å²) in [6, 6.07) is 9.86. The van der Waals surface area contributed by atoms with Crippen LogP contribution in [0.15, 0.2) is 30.3 Å². The van der Waals surface area contributed by atoms with Gasteiger partial charge in [-0.2, -0.15) is 4.20 Å². The minimum Gasteiger partial charge on any atom is -0.300 e. The van der Waals surface area contributed by atoms with Crippen LogP contribution in [0.3, 0.4) is 0 Å². The number of rotatable bonds is 5. The van der Waals surface area contributed by atoms with Crippen LogP contribution >= 0.6 is 7.68 Å². The molecule has 0 aliphatic carbocycles. The van der Waals surface area contributed by atoms with Crippen LogP contribution in [0.25, 0.3) is 0 Å². The molecule has 16 heavy (non-hydrogen) atoms. The Morgan fingerprint density at radius 3 is 2.38 bits per heavy atom. The average Bonchev–Trinajstić information content (AvgIpc) is 2.17. The molecule has 0 heterocycles. The van der Waals surface area contributed by atoms with Crippen LogP contribution in [0.4, 0.5) is 9.88 Å². The summed E-state index contributed by atoms with van der Waals surface area (Å²) >= 11 is 0. The Morgan fingerprint density at radius 2 is 1.88 bits per heavy atom. The molecule has 1 aromatic carbocycles. The summed E-state index contributed by atoms with van der Waals surface area (Å²) in [5, 5.41) is 0. The molecule has 0 fully saturated rings. The molecule has 0 aliphatic rings. The summed E-state index contributed by atoms with van der Waals surface area (Å²) in [6.45, 7) is 1.70. The van der Waals surface area contributed by atoms with Gasteiger partial charge in [0, 0.05) is 6.66 Å². The zero-order valence-electron chi connectivity index (χ0n) is 9.89. The van der Waals surface area contributed by atoms with Gasteiger partial charge in [-0.15, -0.1) is 0 Å². The van der Waals surface area contributed by atoms with Gasteiger partial charge in [0.05, 0.1) is 14.1 Å². The number of halogens is 1. The highest BCUT2D eigenvalue weighted by atomic mass is 31.2. The van der Waals surface area contributed by atoms with Crippen molar-refractivity contribution in [2.45, 2.75) is 0 Å². The van der Waals surface area contributed by atoms with Crippen LogP contribution in [0.5, 0.6) is 0 Å². The first-order valence-corrected chi connectivity index (χ1v) is 7.08. The van der Waals surface area contributed by atoms with E-state index >= 15 is 0 Å². The van der Waals surface area contributed by atoms with E-state index < -0.39 is 7.68 Å². The van der Waals surface area contributed by atoms with Gasteiger partial charge >= 0.3 is 7.68 Å². The van der Waals surface area contributed by atoms with Crippen LogP contribution in [0, 0.1) is 0 Å². The first kappa shape index (κ1) is 13.4. The second-order valence-corrected chi connectivity index (χ2v) is 6.08. The highest BCUT2D eigenvalue weighted by Crippen LogP contribution is 2.43. The first-order valence-electron chi connectivity index (χ1n) is 5.12. The van der Waals surface area contributed by atoms with Crippen molar-refractivity contribution in [3.05, 3.63) is 30.3 Å². The second kappa shape index (κ2) is 5.09. The van der Waals surface area contributed by atoms with E-state index in [0.29, 0.717) is 11.0 Å². The third-order valence-corrected chi connectivity index (χ3v) is 3.07. The van der Waals surface area contributed by atoms with Gasteiger partial charge in [0.25, 0.3) is 0 Å². The molecule has 0 aliphatic heterocycles. The zero-order valence-corrected chi connectivity index (χ0v) is 10.8. The van der Waals surface area contributed by atoms with E-state index in [2.05, 4.69) is 4.52 Å². The van der Waals surface area contributed by atoms with Crippen molar-refractivity contribution in [2.75, 3.05) is 33.9 Å². The normalized spacial score (nSPS) is 15.8. The molecule has 3 nitrogen and oxygen atoms in total. The standard InChI is InChI=1S/C11H18FNO2P/c1-13(2,9-10-15-16(3,12)14)11-7-5-4-6-8-11/h4-8H,9-10H2,1-3H3/q+1. The first-order chi connectivity index (χ1) is 7.31. The lowest BCUT2D eigenvalue weighted by Gasteiger charge is -2.29. The van der Waals surface area contributed by atoms with Crippen molar-refractivity contribution in [1.29, 1.82) is 0 Å². The predicted molar refractivity (Wildman–Crippen MR) is 65.5 cm³/mol. The van der Waals surface area contributed by atoms with Gasteiger partial charge in [-0.05, 0) is 12.1 Å². The number of benzene rings is 1. The van der Waals surface area contributed by atoms with E-state index in [1.54, 1.807) is 0 Å². The van der Waals surface area contributed by atoms with Crippen molar-refractivity contribution < 1.29 is 13.3 Å². The van der Waals surface area contributed by atoms with Gasteiger partial charge in [-0.3, -0.25) is 13.6 Å². The van der Waals surface area contributed by atoms with E-state index in [9.17, 15) is 8.76 Å². The molecule has 1 atom stereocenters. The van der Waals surface area contributed by atoms with Crippen molar-refractivity contribution >= 4 is 13.4 Å². The molecule has 0 bridgehead atoms. The Bertz CT molecular complexity index is 375. The number of nitrogens with zero attached hydrogens (tertiary/aromatic N) is 1. The number of quaternary nitrogens is 1. The minimum atomic E-state index is -3.85. The van der Waals surface area contributed by atoms with E-state index in [-0.39, 0.29) is 6.61 Å². The number of hydrogen-bond acceptors (Lipinski definition) is 2. The molecule has 5 heteroatoms. The lowest BCUT2D eigenvalue weighted by Crippen LogP contribution is -2.43. The maximum absolute atomic E-state index is 12.7. The maximum Gasteiger partial charge on any atom is 0.364 e. The van der Waals surface area contributed by atoms with E-state index in [1.807, 2.05) is 44.4 Å². The SMILES string of the molecule is C[N+](C)(CCOP(C)(=O)F)c1ccccc1. The second-order valence-electron chi connectivity index (χ2n) is 4.32. The van der Waals surface area contributed by atoms with Gasteiger partial charge in [0.2, 0.25) is 0 Å². The Kier molecular flexibility index (Phi) is 4.25. The van der Waals surface area contributed by atoms with Gasteiger partial charge in [-0.25, -0.2) is 0 Å². The molecule has 0 spiro atoms. The van der Waals surface area contributed by atoms with Gasteiger partial charge in [-0.1, -0.05) is 18.2 Å². The van der Waals surface area contributed by atoms with Crippen LogP contribution in [0.2, 0.25) is 0 Å². The zero-order chi connectivity index (χ0) is 12.2. The van der Waals surface area contributed by atoms with Crippen molar-refractivity contribution in [2.24, 2.45) is 0 Å². The summed E-state index contributed by atoms with van der Waals surface area (Å²) in [4.78, 5) is 0. The third kappa shape index (κ3) is 4.44. The number of para-hydroxylation sites is 1. The number of hydrogen-bond donors (Lipinski definition) is 0. The molecular weight excluding hydrogens is 228 g/mol. The van der Waals surface area contributed by atoms with Gasteiger partial charge < -0.3 is 0 Å². The summed E-state index contributed by atoms with van der Waals surface area (Å²) in [5.74, 6) is 0. The van der Waals surface area contributed by atoms with Crippen molar-refractivity contribution in [1.82, 2.24) is 4.48 Å². The van der Waals surface area contributed by atoms with Crippen LogP contribution in [-0.2, 0) is 9.09 Å². The molecule has 1 rings (SSSR count). The lowest BCUT2D eigenvalue weighted by atomic mass is 10.2. The summed E-state index contributed by atoms with van der Waals surface area (Å²) in [6.07, 6.45) is 0. The smallest absolute Gasteiger partial charge is 0.300 e. The molecule has 1 aromatic rings. The molecule has 0 saturated carbocycles. The van der Waals surface area contributed by atoms with E-state index in [1.165, 1.54) is 0 Å². The molecule has 0 N–H and O–H groups in total. The molecule has 1 unspecified atom stereocenters. The predicted octanol–water partition coefficient (Wildman–Crippen LogP) is 3.06. The van der Waals surface area contributed by atoms with Crippen LogP contribution in [-0.4, -0.2) is 33.9 Å². The van der Waals surface area contributed by atoms with E-state index in [4.69, 9.17) is 0 Å². The summed E-state index contributed by atoms with van der Waals surface area (Å²) < 4.78 is 28.7. The molecule has 0 radical (unpaired) electrons. The quantitative estimate of drug-likeness (QED) is 0.589. The average molecular weight is 246 g/mol. The Balaban J connectivity index is 2.56. The van der Waals surface area contributed by atoms with Crippen LogP contribution < -0.4 is 4.48 Å². The minimum absolute atomic E-state index is 0.145.